The maximum atomic E-state index is 12.8. The molecule has 76 heavy (non-hydrogen) atoms. The second-order valence-electron chi connectivity index (χ2n) is 16.6. The van der Waals surface area contributed by atoms with E-state index in [0.29, 0.717) is 236 Å². The van der Waals surface area contributed by atoms with Crippen molar-refractivity contribution in [3.05, 3.63) is 29.3 Å². The van der Waals surface area contributed by atoms with Crippen LogP contribution in [-0.2, 0) is 103 Å². The van der Waals surface area contributed by atoms with Gasteiger partial charge in [0, 0.05) is 12.8 Å². The van der Waals surface area contributed by atoms with Gasteiger partial charge >= 0.3 is 6.09 Å². The standard InChI is InChI=1S/C51H93N3O22/c1-43(2)48(54-51(58)59)50(57)52-44(3)49(56)53-47-6-5-46(42-55)45(41-47)7-8-61-11-12-63-15-16-65-19-20-67-23-24-69-27-28-71-31-32-73-35-36-75-39-40-76-38-37-74-34-33-72-30-29-70-26-25-68-22-21-66-18-17-64-14-13-62-10-9-60-4/h5-6,41,43-44,48,54-55H,7-40,42H2,1-4H3,(H,52,57)(H,53,56)(H,58,59)/t44-,48-/m0/s1. The van der Waals surface area contributed by atoms with Crippen molar-refractivity contribution in [1.29, 1.82) is 0 Å². The van der Waals surface area contributed by atoms with Crippen molar-refractivity contribution in [1.82, 2.24) is 10.6 Å². The molecule has 0 unspecified atom stereocenters. The van der Waals surface area contributed by atoms with Crippen molar-refractivity contribution in [2.45, 2.75) is 45.9 Å². The molecule has 0 aliphatic heterocycles. The quantitative estimate of drug-likeness (QED) is 0.0576. The topological polar surface area (TPSA) is 285 Å². The van der Waals surface area contributed by atoms with E-state index in [1.54, 1.807) is 39.2 Å². The number of anilines is 1. The van der Waals surface area contributed by atoms with Gasteiger partial charge in [0.1, 0.15) is 12.1 Å². The molecule has 1 aromatic rings. The third-order valence-electron chi connectivity index (χ3n) is 10.2. The number of hydrogen-bond donors (Lipinski definition) is 5. The number of amides is 3. The molecule has 0 aromatic heterocycles. The number of carbonyl (C=O) groups is 3. The maximum Gasteiger partial charge on any atom is 0.405 e. The lowest BCUT2D eigenvalue weighted by Crippen LogP contribution is -2.53. The van der Waals surface area contributed by atoms with E-state index < -0.39 is 30.0 Å². The zero-order chi connectivity index (χ0) is 55.2. The molecular weight excluding hydrogens is 1010 g/mol. The van der Waals surface area contributed by atoms with Gasteiger partial charge in [-0.15, -0.1) is 0 Å². The van der Waals surface area contributed by atoms with Crippen LogP contribution in [0.3, 0.4) is 0 Å². The van der Waals surface area contributed by atoms with E-state index in [1.807, 2.05) is 0 Å². The highest BCUT2D eigenvalue weighted by Crippen LogP contribution is 2.18. The summed E-state index contributed by atoms with van der Waals surface area (Å²) in [6.45, 7) is 20.3. The zero-order valence-corrected chi connectivity index (χ0v) is 45.8. The van der Waals surface area contributed by atoms with Crippen LogP contribution in [-0.4, -0.2) is 265 Å². The number of nitrogens with one attached hydrogen (secondary N) is 3. The Labute approximate surface area is 450 Å². The second kappa shape index (κ2) is 53.7. The molecule has 25 nitrogen and oxygen atoms in total. The Morgan fingerprint density at radius 3 is 0.961 bits per heavy atom. The molecule has 5 N–H and O–H groups in total. The lowest BCUT2D eigenvalue weighted by atomic mass is 10.0. The molecule has 2 atom stereocenters. The number of aliphatic hydroxyl groups is 1. The number of carboxylic acid groups (broad SMARTS) is 1. The van der Waals surface area contributed by atoms with Crippen molar-refractivity contribution in [2.24, 2.45) is 5.92 Å². The fourth-order valence-corrected chi connectivity index (χ4v) is 6.10. The Hall–Kier alpha value is -3.29. The van der Waals surface area contributed by atoms with Crippen LogP contribution in [0.5, 0.6) is 0 Å². The summed E-state index contributed by atoms with van der Waals surface area (Å²) in [7, 11) is 1.64. The lowest BCUT2D eigenvalue weighted by Gasteiger charge is -2.22. The first-order valence-corrected chi connectivity index (χ1v) is 26.3. The molecule has 3 amide bonds. The van der Waals surface area contributed by atoms with Gasteiger partial charge in [-0.3, -0.25) is 9.59 Å². The number of benzene rings is 1. The summed E-state index contributed by atoms with van der Waals surface area (Å²) in [6, 6.07) is 3.17. The first-order chi connectivity index (χ1) is 37.2. The molecule has 25 heteroatoms. The van der Waals surface area contributed by atoms with Gasteiger partial charge in [0.15, 0.2) is 0 Å². The first kappa shape index (κ1) is 70.7. The smallest absolute Gasteiger partial charge is 0.405 e. The summed E-state index contributed by atoms with van der Waals surface area (Å²) in [5.74, 6) is -1.40. The van der Waals surface area contributed by atoms with Crippen LogP contribution in [0.25, 0.3) is 0 Å². The number of rotatable bonds is 58. The number of aliphatic hydroxyl groups excluding tert-OH is 1. The number of hydrogen-bond acceptors (Lipinski definition) is 21. The highest BCUT2D eigenvalue weighted by molar-refractivity contribution is 5.98. The Morgan fingerprint density at radius 1 is 0.408 bits per heavy atom. The van der Waals surface area contributed by atoms with Crippen LogP contribution in [0.15, 0.2) is 18.2 Å². The Balaban J connectivity index is 1.79. The largest absolute Gasteiger partial charge is 0.465 e. The highest BCUT2D eigenvalue weighted by atomic mass is 16.6. The summed E-state index contributed by atoms with van der Waals surface area (Å²) in [5, 5.41) is 26.3. The van der Waals surface area contributed by atoms with Gasteiger partial charge in [-0.25, -0.2) is 4.79 Å². The predicted molar refractivity (Wildman–Crippen MR) is 277 cm³/mol. The summed E-state index contributed by atoms with van der Waals surface area (Å²) >= 11 is 0. The Kier molecular flexibility index (Phi) is 50.0. The molecular formula is C51H93N3O22. The highest BCUT2D eigenvalue weighted by Gasteiger charge is 2.27. The monoisotopic (exact) mass is 1100 g/mol. The molecule has 0 bridgehead atoms. The summed E-state index contributed by atoms with van der Waals surface area (Å²) < 4.78 is 92.9. The minimum absolute atomic E-state index is 0.184. The van der Waals surface area contributed by atoms with Crippen LogP contribution in [0.2, 0.25) is 0 Å². The van der Waals surface area contributed by atoms with E-state index in [-0.39, 0.29) is 12.5 Å². The minimum Gasteiger partial charge on any atom is -0.465 e. The molecule has 0 radical (unpaired) electrons. The Bertz CT molecular complexity index is 1490. The molecule has 0 saturated heterocycles. The number of methoxy groups -OCH3 is 1. The van der Waals surface area contributed by atoms with Gasteiger partial charge < -0.3 is 107 Å². The maximum absolute atomic E-state index is 12.8. The zero-order valence-electron chi connectivity index (χ0n) is 45.8. The van der Waals surface area contributed by atoms with E-state index in [0.717, 1.165) is 5.56 Å². The average Bonchev–Trinajstić information content (AvgIpc) is 3.40. The number of ether oxygens (including phenoxy) is 17. The fraction of sp³-hybridized carbons (Fsp3) is 0.824. The van der Waals surface area contributed by atoms with Crippen LogP contribution in [0, 0.1) is 5.92 Å². The predicted octanol–water partition coefficient (Wildman–Crippen LogP) is 1.37. The minimum atomic E-state index is -1.33. The average molecular weight is 1100 g/mol. The summed E-state index contributed by atoms with van der Waals surface area (Å²) in [6.07, 6.45) is -0.846. The van der Waals surface area contributed by atoms with Crippen molar-refractivity contribution >= 4 is 23.6 Å². The molecule has 1 rings (SSSR count). The van der Waals surface area contributed by atoms with E-state index in [4.69, 9.17) is 85.6 Å². The molecule has 0 heterocycles. The molecule has 0 aliphatic rings. The van der Waals surface area contributed by atoms with Crippen LogP contribution < -0.4 is 16.0 Å². The van der Waals surface area contributed by atoms with Crippen molar-refractivity contribution < 1.29 is 105 Å². The van der Waals surface area contributed by atoms with Crippen molar-refractivity contribution in [3.63, 3.8) is 0 Å². The second-order valence-corrected chi connectivity index (χ2v) is 16.6. The normalized spacial score (nSPS) is 12.3. The third kappa shape index (κ3) is 44.7. The van der Waals surface area contributed by atoms with Gasteiger partial charge in [0.05, 0.1) is 225 Å². The van der Waals surface area contributed by atoms with Crippen LogP contribution in [0.4, 0.5) is 10.5 Å². The first-order valence-electron chi connectivity index (χ1n) is 26.3. The van der Waals surface area contributed by atoms with Gasteiger partial charge in [-0.2, -0.15) is 0 Å². The summed E-state index contributed by atoms with van der Waals surface area (Å²) in [4.78, 5) is 36.4. The molecule has 1 aromatic carbocycles. The van der Waals surface area contributed by atoms with E-state index in [2.05, 4.69) is 16.0 Å². The van der Waals surface area contributed by atoms with Gasteiger partial charge in [-0.1, -0.05) is 19.9 Å². The molecule has 444 valence electrons. The SMILES string of the molecule is COCCOCCOCCOCCOCCOCCOCCOCCOCCOCCOCCOCCOCCOCCOCCOCCOCCc1cc(NC(=O)[C@H](C)NC(=O)[C@@H](NC(=O)O)C(C)C)ccc1CO. The van der Waals surface area contributed by atoms with Gasteiger partial charge in [-0.05, 0) is 42.5 Å². The third-order valence-corrected chi connectivity index (χ3v) is 10.2. The van der Waals surface area contributed by atoms with E-state index in [9.17, 15) is 19.5 Å². The Morgan fingerprint density at radius 2 is 0.697 bits per heavy atom. The van der Waals surface area contributed by atoms with E-state index >= 15 is 0 Å². The number of carbonyl (C=O) groups excluding carboxylic acids is 2. The van der Waals surface area contributed by atoms with Gasteiger partial charge in [0.2, 0.25) is 11.8 Å². The van der Waals surface area contributed by atoms with Crippen LogP contribution >= 0.6 is 0 Å². The molecule has 0 fully saturated rings. The van der Waals surface area contributed by atoms with Gasteiger partial charge in [0.25, 0.3) is 0 Å². The van der Waals surface area contributed by atoms with E-state index in [1.165, 1.54) is 6.92 Å². The van der Waals surface area contributed by atoms with Crippen LogP contribution in [0.1, 0.15) is 31.9 Å². The fourth-order valence-electron chi connectivity index (χ4n) is 6.10. The van der Waals surface area contributed by atoms with Crippen molar-refractivity contribution in [3.8, 4) is 0 Å². The molecule has 0 saturated carbocycles. The van der Waals surface area contributed by atoms with Crippen molar-refractivity contribution in [2.75, 3.05) is 230 Å². The molecule has 0 aliphatic carbocycles. The lowest BCUT2D eigenvalue weighted by molar-refractivity contribution is -0.128. The summed E-state index contributed by atoms with van der Waals surface area (Å²) in [5.41, 5.74) is 1.97. The molecule has 0 spiro atoms.